The molecule has 0 saturated heterocycles. The van der Waals surface area contributed by atoms with Gasteiger partial charge in [0.05, 0.1) is 0 Å². The Labute approximate surface area is 138 Å². The fraction of sp³-hybridized carbons (Fsp3) is 0.316. The Balaban J connectivity index is 0.000000379. The van der Waals surface area contributed by atoms with Crippen LogP contribution in [0.25, 0.3) is 0 Å². The van der Waals surface area contributed by atoms with E-state index in [2.05, 4.69) is 9.47 Å². The highest BCUT2D eigenvalue weighted by Gasteiger charge is 2.02. The minimum absolute atomic E-state index is 0.0648. The van der Waals surface area contributed by atoms with Gasteiger partial charge in [-0.2, -0.15) is 0 Å². The van der Waals surface area contributed by atoms with Crippen LogP contribution in [-0.2, 0) is 16.1 Å². The number of carbonyl (C=O) groups excluding carboxylic acids is 1. The molecule has 2 rings (SSSR count). The van der Waals surface area contributed by atoms with Crippen molar-refractivity contribution in [2.45, 2.75) is 26.7 Å². The van der Waals surface area contributed by atoms with E-state index in [9.17, 15) is 4.79 Å². The van der Waals surface area contributed by atoms with Gasteiger partial charge in [0.1, 0.15) is 18.6 Å². The normalized spacial score (nSPS) is 9.96. The van der Waals surface area contributed by atoms with Crippen LogP contribution in [0.4, 0.5) is 0 Å². The Kier molecular flexibility index (Phi) is 8.65. The topological polar surface area (TPSA) is 44.8 Å². The molecule has 4 nitrogen and oxygen atoms in total. The van der Waals surface area contributed by atoms with E-state index >= 15 is 0 Å². The van der Waals surface area contributed by atoms with Crippen molar-refractivity contribution in [3.63, 3.8) is 0 Å². The zero-order valence-corrected chi connectivity index (χ0v) is 14.1. The van der Waals surface area contributed by atoms with E-state index in [4.69, 9.17) is 4.74 Å². The molecule has 0 aliphatic rings. The van der Waals surface area contributed by atoms with E-state index in [0.29, 0.717) is 12.2 Å². The second-order valence-electron chi connectivity index (χ2n) is 4.91. The maximum absolute atomic E-state index is 10.9. The monoisotopic (exact) mass is 316 g/mol. The van der Waals surface area contributed by atoms with E-state index in [1.165, 1.54) is 0 Å². The third-order valence-corrected chi connectivity index (χ3v) is 3.32. The average molecular weight is 316 g/mol. The van der Waals surface area contributed by atoms with Gasteiger partial charge < -0.3 is 14.2 Å². The Hall–Kier alpha value is -2.17. The third-order valence-electron chi connectivity index (χ3n) is 3.32. The summed E-state index contributed by atoms with van der Waals surface area (Å²) in [5, 5.41) is 0. The quantitative estimate of drug-likeness (QED) is 0.596. The van der Waals surface area contributed by atoms with Gasteiger partial charge in [0.25, 0.3) is 0 Å². The average Bonchev–Trinajstić information content (AvgIpc) is 2.61. The lowest BCUT2D eigenvalue weighted by molar-refractivity contribution is -0.0877. The van der Waals surface area contributed by atoms with Crippen LogP contribution in [0.3, 0.4) is 0 Å². The van der Waals surface area contributed by atoms with Gasteiger partial charge in [0.15, 0.2) is 6.29 Å². The molecule has 0 spiro atoms. The smallest absolute Gasteiger partial charge is 0.154 e. The molecule has 0 amide bonds. The molecule has 2 aromatic carbocycles. The van der Waals surface area contributed by atoms with Crippen molar-refractivity contribution in [2.75, 3.05) is 14.2 Å². The number of ether oxygens (including phenoxy) is 3. The molecular formula is C19H24O4. The lowest BCUT2D eigenvalue weighted by atomic mass is 10.1. The van der Waals surface area contributed by atoms with Gasteiger partial charge in [-0.05, 0) is 31.0 Å². The molecule has 0 aromatic heterocycles. The molecule has 0 unspecified atom stereocenters. The molecular weight excluding hydrogens is 292 g/mol. The molecule has 0 heterocycles. The van der Waals surface area contributed by atoms with Crippen LogP contribution < -0.4 is 4.74 Å². The highest BCUT2D eigenvalue weighted by Crippen LogP contribution is 2.18. The van der Waals surface area contributed by atoms with Crippen molar-refractivity contribution < 1.29 is 19.0 Å². The van der Waals surface area contributed by atoms with Gasteiger partial charge in [0.2, 0.25) is 0 Å². The number of aldehydes is 1. The predicted octanol–water partition coefficient (Wildman–Crippen LogP) is 4.01. The summed E-state index contributed by atoms with van der Waals surface area (Å²) in [7, 11) is 3.21. The molecule has 23 heavy (non-hydrogen) atoms. The summed E-state index contributed by atoms with van der Waals surface area (Å²) >= 11 is 0. The molecule has 2 aromatic rings. The molecule has 0 bridgehead atoms. The Bertz CT molecular complexity index is 591. The summed E-state index contributed by atoms with van der Waals surface area (Å²) in [4.78, 5) is 10.9. The number of hydrogen-bond acceptors (Lipinski definition) is 4. The Morgan fingerprint density at radius 3 is 2.17 bits per heavy atom. The molecule has 0 atom stereocenters. The first kappa shape index (κ1) is 18.9. The summed E-state index contributed by atoms with van der Waals surface area (Å²) in [5.74, 6) is 0.855. The van der Waals surface area contributed by atoms with Gasteiger partial charge in [-0.15, -0.1) is 0 Å². The van der Waals surface area contributed by atoms with Gasteiger partial charge in [-0.1, -0.05) is 42.5 Å². The lowest BCUT2D eigenvalue weighted by Gasteiger charge is -2.09. The zero-order valence-electron chi connectivity index (χ0n) is 14.1. The first-order valence-electron chi connectivity index (χ1n) is 7.39. The number of methoxy groups -OCH3 is 2. The van der Waals surface area contributed by atoms with Gasteiger partial charge in [-0.3, -0.25) is 4.79 Å². The third kappa shape index (κ3) is 6.63. The number of benzene rings is 2. The van der Waals surface area contributed by atoms with E-state index in [1.54, 1.807) is 20.3 Å². The van der Waals surface area contributed by atoms with Crippen LogP contribution >= 0.6 is 0 Å². The predicted molar refractivity (Wildman–Crippen MR) is 90.8 cm³/mol. The second kappa shape index (κ2) is 10.5. The Morgan fingerprint density at radius 1 is 1.00 bits per heavy atom. The summed E-state index contributed by atoms with van der Waals surface area (Å²) in [5.41, 5.74) is 2.68. The van der Waals surface area contributed by atoms with Crippen LogP contribution in [0.5, 0.6) is 5.75 Å². The molecule has 0 N–H and O–H groups in total. The van der Waals surface area contributed by atoms with Gasteiger partial charge in [0, 0.05) is 19.8 Å². The zero-order chi connectivity index (χ0) is 17.1. The highest BCUT2D eigenvalue weighted by atomic mass is 16.7. The van der Waals surface area contributed by atoms with Crippen LogP contribution in [-0.4, -0.2) is 26.8 Å². The minimum atomic E-state index is -0.0648. The first-order chi connectivity index (χ1) is 11.1. The number of hydrogen-bond donors (Lipinski definition) is 0. The van der Waals surface area contributed by atoms with Crippen molar-refractivity contribution in [1.82, 2.24) is 0 Å². The number of aryl methyl sites for hydroxylation is 1. The summed E-state index contributed by atoms with van der Waals surface area (Å²) in [6.45, 7) is 4.25. The molecule has 4 heteroatoms. The Morgan fingerprint density at radius 2 is 1.61 bits per heavy atom. The van der Waals surface area contributed by atoms with Crippen molar-refractivity contribution in [2.24, 2.45) is 0 Å². The molecule has 0 saturated carbocycles. The van der Waals surface area contributed by atoms with Gasteiger partial charge >= 0.3 is 0 Å². The van der Waals surface area contributed by atoms with E-state index < -0.39 is 0 Å². The number of para-hydroxylation sites is 1. The highest BCUT2D eigenvalue weighted by molar-refractivity contribution is 5.77. The molecule has 124 valence electrons. The molecule has 0 radical (unpaired) electrons. The van der Waals surface area contributed by atoms with Crippen molar-refractivity contribution in [3.05, 3.63) is 65.2 Å². The minimum Gasteiger partial charge on any atom is -0.489 e. The summed E-state index contributed by atoms with van der Waals surface area (Å²) in [6, 6.07) is 15.3. The molecule has 0 fully saturated rings. The van der Waals surface area contributed by atoms with Gasteiger partial charge in [-0.25, -0.2) is 0 Å². The number of carbonyl (C=O) groups is 1. The standard InChI is InChI=1S/C15H14O2.C4H10O2/c1-12-6-2-5-9-15(12)17-11-14-8-4-3-7-13(14)10-16;1-4(5-2)6-3/h2-10H,11H2,1H3;4H,1-3H3. The summed E-state index contributed by atoms with van der Waals surface area (Å²) in [6.07, 6.45) is 0.793. The largest absolute Gasteiger partial charge is 0.489 e. The van der Waals surface area contributed by atoms with Crippen LogP contribution in [0.2, 0.25) is 0 Å². The molecule has 0 aliphatic heterocycles. The van der Waals surface area contributed by atoms with Crippen LogP contribution in [0, 0.1) is 6.92 Å². The van der Waals surface area contributed by atoms with Crippen LogP contribution in [0.15, 0.2) is 48.5 Å². The lowest BCUT2D eigenvalue weighted by Crippen LogP contribution is -2.05. The van der Waals surface area contributed by atoms with E-state index in [1.807, 2.05) is 56.3 Å². The fourth-order valence-electron chi connectivity index (χ4n) is 1.75. The summed E-state index contributed by atoms with van der Waals surface area (Å²) < 4.78 is 15.1. The van der Waals surface area contributed by atoms with Crippen molar-refractivity contribution in [1.29, 1.82) is 0 Å². The van der Waals surface area contributed by atoms with E-state index in [0.717, 1.165) is 23.2 Å². The SMILES string of the molecule is COC(C)OC.Cc1ccccc1OCc1ccccc1C=O. The van der Waals surface area contributed by atoms with Crippen LogP contribution in [0.1, 0.15) is 28.4 Å². The first-order valence-corrected chi connectivity index (χ1v) is 7.39. The fourth-order valence-corrected chi connectivity index (χ4v) is 1.75. The maximum Gasteiger partial charge on any atom is 0.154 e. The molecule has 0 aliphatic carbocycles. The maximum atomic E-state index is 10.9. The second-order valence-corrected chi connectivity index (χ2v) is 4.91. The number of rotatable bonds is 6. The van der Waals surface area contributed by atoms with Crippen molar-refractivity contribution in [3.8, 4) is 5.75 Å². The van der Waals surface area contributed by atoms with E-state index in [-0.39, 0.29) is 6.29 Å². The van der Waals surface area contributed by atoms with Crippen molar-refractivity contribution >= 4 is 6.29 Å².